The fourth-order valence-corrected chi connectivity index (χ4v) is 3.35. The number of nitrogens with two attached hydrogens (primary N) is 1. The normalized spacial score (nSPS) is 12.3. The van der Waals surface area contributed by atoms with Gasteiger partial charge in [-0.1, -0.05) is 55.0 Å². The third-order valence-corrected chi connectivity index (χ3v) is 4.61. The molecule has 1 aliphatic rings. The van der Waals surface area contributed by atoms with Crippen molar-refractivity contribution >= 4 is 12.1 Å². The average molecular weight is 353 g/mol. The van der Waals surface area contributed by atoms with E-state index in [9.17, 15) is 9.59 Å². The van der Waals surface area contributed by atoms with Gasteiger partial charge in [0.1, 0.15) is 6.61 Å². The summed E-state index contributed by atoms with van der Waals surface area (Å²) in [5.41, 5.74) is 9.95. The maximum absolute atomic E-state index is 11.8. The van der Waals surface area contributed by atoms with Crippen molar-refractivity contribution in [1.29, 1.82) is 0 Å². The van der Waals surface area contributed by atoms with Gasteiger partial charge in [-0.25, -0.2) is 4.79 Å². The van der Waals surface area contributed by atoms with Crippen molar-refractivity contribution in [3.05, 3.63) is 59.7 Å². The summed E-state index contributed by atoms with van der Waals surface area (Å²) >= 11 is 0. The molecule has 0 atom stereocenters. The van der Waals surface area contributed by atoms with Crippen LogP contribution in [-0.2, 0) is 14.3 Å². The van der Waals surface area contributed by atoms with E-state index in [-0.39, 0.29) is 18.9 Å². The molecule has 3 rings (SSSR count). The minimum Gasteiger partial charge on any atom is -0.433 e. The molecule has 0 amide bonds. The molecule has 2 aromatic carbocycles. The molecule has 0 aliphatic heterocycles. The number of rotatable bonds is 7. The molecule has 1 aliphatic carbocycles. The number of ether oxygens (including phenoxy) is 2. The van der Waals surface area contributed by atoms with Gasteiger partial charge in [-0.15, -0.1) is 0 Å². The summed E-state index contributed by atoms with van der Waals surface area (Å²) in [7, 11) is 0. The Hall–Kier alpha value is -2.66. The van der Waals surface area contributed by atoms with Crippen molar-refractivity contribution in [1.82, 2.24) is 0 Å². The molecular weight excluding hydrogens is 330 g/mol. The van der Waals surface area contributed by atoms with Gasteiger partial charge in [0.25, 0.3) is 0 Å². The highest BCUT2D eigenvalue weighted by Gasteiger charge is 2.29. The van der Waals surface area contributed by atoms with Crippen LogP contribution in [0.5, 0.6) is 0 Å². The van der Waals surface area contributed by atoms with E-state index in [1.165, 1.54) is 0 Å². The van der Waals surface area contributed by atoms with Gasteiger partial charge < -0.3 is 15.2 Å². The largest absolute Gasteiger partial charge is 0.516 e. The van der Waals surface area contributed by atoms with E-state index in [0.717, 1.165) is 35.1 Å². The summed E-state index contributed by atoms with van der Waals surface area (Å²) in [6, 6.07) is 16.2. The van der Waals surface area contributed by atoms with E-state index in [1.807, 2.05) is 36.4 Å². The first-order valence-electron chi connectivity index (χ1n) is 8.96. The predicted octanol–water partition coefficient (Wildman–Crippen LogP) is 4.00. The van der Waals surface area contributed by atoms with Gasteiger partial charge in [-0.05, 0) is 41.6 Å². The number of esters is 1. The Labute approximate surface area is 153 Å². The molecule has 0 saturated heterocycles. The van der Waals surface area contributed by atoms with E-state index in [1.54, 1.807) is 0 Å². The van der Waals surface area contributed by atoms with Crippen LogP contribution in [-0.4, -0.2) is 25.3 Å². The molecule has 0 heterocycles. The van der Waals surface area contributed by atoms with E-state index in [0.29, 0.717) is 13.0 Å². The lowest BCUT2D eigenvalue weighted by molar-refractivity contribution is -0.140. The highest BCUT2D eigenvalue weighted by atomic mass is 16.7. The van der Waals surface area contributed by atoms with Crippen LogP contribution in [0.25, 0.3) is 11.1 Å². The van der Waals surface area contributed by atoms with Gasteiger partial charge in [-0.3, -0.25) is 4.79 Å². The quantitative estimate of drug-likeness (QED) is 0.462. The van der Waals surface area contributed by atoms with Gasteiger partial charge in [0.2, 0.25) is 0 Å². The lowest BCUT2D eigenvalue weighted by atomic mass is 9.98. The first-order chi connectivity index (χ1) is 12.7. The van der Waals surface area contributed by atoms with Crippen LogP contribution in [0.2, 0.25) is 0 Å². The van der Waals surface area contributed by atoms with Gasteiger partial charge in [0.15, 0.2) is 0 Å². The standard InChI is InChI=1S/C21H23NO4/c22-13-7-1-2-12-20(23)26-21(24)25-14-19-17-10-5-3-8-15(17)16-9-4-6-11-18(16)19/h3-6,8-11,19H,1-2,7,12-14,22H2. The Balaban J connectivity index is 1.56. The smallest absolute Gasteiger partial charge is 0.433 e. The molecule has 0 unspecified atom stereocenters. The van der Waals surface area contributed by atoms with Gasteiger partial charge >= 0.3 is 12.1 Å². The van der Waals surface area contributed by atoms with Crippen molar-refractivity contribution in [3.63, 3.8) is 0 Å². The second kappa shape index (κ2) is 8.63. The minimum atomic E-state index is -0.935. The number of fused-ring (bicyclic) bond motifs is 3. The Morgan fingerprint density at radius 3 is 2.12 bits per heavy atom. The topological polar surface area (TPSA) is 78.6 Å². The number of benzene rings is 2. The third-order valence-electron chi connectivity index (χ3n) is 4.61. The third kappa shape index (κ3) is 4.11. The Morgan fingerprint density at radius 1 is 0.885 bits per heavy atom. The molecule has 5 heteroatoms. The number of hydrogen-bond donors (Lipinski definition) is 1. The Kier molecular flexibility index (Phi) is 6.02. The summed E-state index contributed by atoms with van der Waals surface area (Å²) in [6.07, 6.45) is 1.63. The molecule has 5 nitrogen and oxygen atoms in total. The second-order valence-corrected chi connectivity index (χ2v) is 6.36. The van der Waals surface area contributed by atoms with Crippen molar-refractivity contribution in [2.45, 2.75) is 31.6 Å². The van der Waals surface area contributed by atoms with Crippen LogP contribution in [0.4, 0.5) is 4.79 Å². The second-order valence-electron chi connectivity index (χ2n) is 6.36. The monoisotopic (exact) mass is 353 g/mol. The molecule has 0 bridgehead atoms. The van der Waals surface area contributed by atoms with Crippen molar-refractivity contribution in [2.24, 2.45) is 5.73 Å². The first-order valence-corrected chi connectivity index (χ1v) is 8.96. The van der Waals surface area contributed by atoms with Crippen molar-refractivity contribution in [3.8, 4) is 11.1 Å². The molecule has 0 aromatic heterocycles. The van der Waals surface area contributed by atoms with E-state index >= 15 is 0 Å². The summed E-state index contributed by atoms with van der Waals surface area (Å²) < 4.78 is 9.97. The molecule has 26 heavy (non-hydrogen) atoms. The van der Waals surface area contributed by atoms with E-state index < -0.39 is 12.1 Å². The molecule has 136 valence electrons. The highest BCUT2D eigenvalue weighted by molar-refractivity contribution is 5.82. The van der Waals surface area contributed by atoms with Crippen LogP contribution < -0.4 is 5.73 Å². The lowest BCUT2D eigenvalue weighted by Gasteiger charge is -2.13. The lowest BCUT2D eigenvalue weighted by Crippen LogP contribution is -2.17. The summed E-state index contributed by atoms with van der Waals surface area (Å²) in [6.45, 7) is 0.745. The zero-order chi connectivity index (χ0) is 18.4. The molecule has 2 N–H and O–H groups in total. The Bertz CT molecular complexity index is 742. The van der Waals surface area contributed by atoms with Crippen molar-refractivity contribution in [2.75, 3.05) is 13.2 Å². The molecule has 0 fully saturated rings. The molecule has 0 spiro atoms. The van der Waals surface area contributed by atoms with Gasteiger partial charge in [0, 0.05) is 12.3 Å². The molecule has 2 aromatic rings. The maximum atomic E-state index is 11.8. The van der Waals surface area contributed by atoms with Gasteiger partial charge in [0.05, 0.1) is 0 Å². The number of unbranched alkanes of at least 4 members (excludes halogenated alkanes) is 2. The SMILES string of the molecule is NCCCCCC(=O)OC(=O)OCC1c2ccccc2-c2ccccc21. The van der Waals surface area contributed by atoms with Crippen LogP contribution in [0, 0.1) is 0 Å². The fourth-order valence-electron chi connectivity index (χ4n) is 3.35. The molecule has 0 radical (unpaired) electrons. The maximum Gasteiger partial charge on any atom is 0.516 e. The number of hydrogen-bond acceptors (Lipinski definition) is 5. The zero-order valence-corrected chi connectivity index (χ0v) is 14.6. The number of carbonyl (C=O) groups excluding carboxylic acids is 2. The first kappa shape index (κ1) is 18.1. The predicted molar refractivity (Wildman–Crippen MR) is 98.7 cm³/mol. The average Bonchev–Trinajstić information content (AvgIpc) is 2.98. The van der Waals surface area contributed by atoms with Crippen LogP contribution in [0.3, 0.4) is 0 Å². The fraction of sp³-hybridized carbons (Fsp3) is 0.333. The summed E-state index contributed by atoms with van der Waals surface area (Å²) in [5, 5.41) is 0. The van der Waals surface area contributed by atoms with E-state index in [2.05, 4.69) is 12.1 Å². The molecular formula is C21H23NO4. The zero-order valence-electron chi connectivity index (χ0n) is 14.6. The summed E-state index contributed by atoms with van der Waals surface area (Å²) in [4.78, 5) is 23.5. The van der Waals surface area contributed by atoms with Crippen molar-refractivity contribution < 1.29 is 19.1 Å². The number of carbonyl (C=O) groups is 2. The van der Waals surface area contributed by atoms with E-state index in [4.69, 9.17) is 15.2 Å². The highest BCUT2D eigenvalue weighted by Crippen LogP contribution is 2.44. The Morgan fingerprint density at radius 2 is 1.50 bits per heavy atom. The summed E-state index contributed by atoms with van der Waals surface area (Å²) in [5.74, 6) is -0.603. The van der Waals surface area contributed by atoms with Crippen LogP contribution in [0.15, 0.2) is 48.5 Å². The minimum absolute atomic E-state index is 0.0467. The van der Waals surface area contributed by atoms with Crippen LogP contribution in [0.1, 0.15) is 42.7 Å². The molecule has 0 saturated carbocycles. The van der Waals surface area contributed by atoms with Gasteiger partial charge in [-0.2, -0.15) is 0 Å². The van der Waals surface area contributed by atoms with Crippen LogP contribution >= 0.6 is 0 Å².